The van der Waals surface area contributed by atoms with Gasteiger partial charge >= 0.3 is 0 Å². The van der Waals surface area contributed by atoms with E-state index < -0.39 is 0 Å². The van der Waals surface area contributed by atoms with E-state index in [0.717, 1.165) is 11.5 Å². The quantitative estimate of drug-likeness (QED) is 0.897. The van der Waals surface area contributed by atoms with Crippen molar-refractivity contribution in [3.8, 4) is 5.88 Å². The summed E-state index contributed by atoms with van der Waals surface area (Å²) in [6.45, 7) is 2.46. The third kappa shape index (κ3) is 2.53. The molecule has 2 rings (SSSR count). The van der Waals surface area contributed by atoms with E-state index in [1.54, 1.807) is 0 Å². The molecule has 0 amide bonds. The number of pyridine rings is 1. The molecule has 18 heavy (non-hydrogen) atoms. The SMILES string of the molecule is CCOc1nc(N(C)c2ccccc2)ccc1N. The third-order valence-corrected chi connectivity index (χ3v) is 2.64. The molecule has 0 bridgehead atoms. The van der Waals surface area contributed by atoms with Gasteiger partial charge in [0.15, 0.2) is 0 Å². The maximum Gasteiger partial charge on any atom is 0.239 e. The third-order valence-electron chi connectivity index (χ3n) is 2.64. The van der Waals surface area contributed by atoms with Crippen LogP contribution in [0.1, 0.15) is 6.92 Å². The van der Waals surface area contributed by atoms with Gasteiger partial charge in [0.05, 0.1) is 12.3 Å². The molecule has 2 aromatic rings. The number of hydrogen-bond donors (Lipinski definition) is 1. The lowest BCUT2D eigenvalue weighted by molar-refractivity contribution is 0.329. The van der Waals surface area contributed by atoms with Gasteiger partial charge in [0.25, 0.3) is 0 Å². The predicted molar refractivity (Wildman–Crippen MR) is 74.3 cm³/mol. The van der Waals surface area contributed by atoms with E-state index >= 15 is 0 Å². The normalized spacial score (nSPS) is 10.1. The molecule has 0 saturated heterocycles. The fourth-order valence-corrected chi connectivity index (χ4v) is 1.66. The van der Waals surface area contributed by atoms with Crippen LogP contribution in [-0.4, -0.2) is 18.6 Å². The van der Waals surface area contributed by atoms with E-state index in [9.17, 15) is 0 Å². The Labute approximate surface area is 107 Å². The summed E-state index contributed by atoms with van der Waals surface area (Å²) in [6, 6.07) is 13.7. The van der Waals surface area contributed by atoms with E-state index in [1.165, 1.54) is 0 Å². The van der Waals surface area contributed by atoms with E-state index in [-0.39, 0.29) is 0 Å². The molecule has 0 fully saturated rings. The molecule has 1 heterocycles. The lowest BCUT2D eigenvalue weighted by Crippen LogP contribution is -2.12. The fourth-order valence-electron chi connectivity index (χ4n) is 1.66. The number of rotatable bonds is 4. The Morgan fingerprint density at radius 1 is 1.17 bits per heavy atom. The molecule has 0 radical (unpaired) electrons. The average Bonchev–Trinajstić information content (AvgIpc) is 2.42. The second-order valence-electron chi connectivity index (χ2n) is 3.89. The van der Waals surface area contributed by atoms with Crippen LogP contribution in [0.5, 0.6) is 5.88 Å². The Morgan fingerprint density at radius 2 is 1.89 bits per heavy atom. The number of hydrogen-bond acceptors (Lipinski definition) is 4. The van der Waals surface area contributed by atoms with Gasteiger partial charge in [-0.25, -0.2) is 0 Å². The number of ether oxygens (including phenoxy) is 1. The second-order valence-corrected chi connectivity index (χ2v) is 3.89. The molecule has 0 unspecified atom stereocenters. The van der Waals surface area contributed by atoms with Crippen molar-refractivity contribution < 1.29 is 4.74 Å². The average molecular weight is 243 g/mol. The summed E-state index contributed by atoms with van der Waals surface area (Å²) >= 11 is 0. The highest BCUT2D eigenvalue weighted by molar-refractivity contribution is 5.62. The smallest absolute Gasteiger partial charge is 0.239 e. The number of anilines is 3. The minimum Gasteiger partial charge on any atom is -0.476 e. The van der Waals surface area contributed by atoms with Crippen molar-refractivity contribution in [2.45, 2.75) is 6.92 Å². The first-order valence-corrected chi connectivity index (χ1v) is 5.90. The summed E-state index contributed by atoms with van der Waals surface area (Å²) in [5, 5.41) is 0. The van der Waals surface area contributed by atoms with Crippen molar-refractivity contribution in [3.63, 3.8) is 0 Å². The minimum atomic E-state index is 0.484. The zero-order valence-corrected chi connectivity index (χ0v) is 10.6. The highest BCUT2D eigenvalue weighted by Gasteiger charge is 2.08. The van der Waals surface area contributed by atoms with Gasteiger partial charge in [0, 0.05) is 12.7 Å². The van der Waals surface area contributed by atoms with E-state index in [2.05, 4.69) is 4.98 Å². The summed E-state index contributed by atoms with van der Waals surface area (Å²) in [7, 11) is 1.96. The fraction of sp³-hybridized carbons (Fsp3) is 0.214. The van der Waals surface area contributed by atoms with Crippen LogP contribution in [0.25, 0.3) is 0 Å². The molecule has 0 aliphatic heterocycles. The van der Waals surface area contributed by atoms with Crippen molar-refractivity contribution in [1.82, 2.24) is 4.98 Å². The van der Waals surface area contributed by atoms with Crippen LogP contribution in [0.15, 0.2) is 42.5 Å². The van der Waals surface area contributed by atoms with Crippen molar-refractivity contribution in [2.24, 2.45) is 0 Å². The van der Waals surface area contributed by atoms with Gasteiger partial charge in [-0.05, 0) is 31.2 Å². The largest absolute Gasteiger partial charge is 0.476 e. The Hall–Kier alpha value is -2.23. The lowest BCUT2D eigenvalue weighted by atomic mass is 10.3. The summed E-state index contributed by atoms with van der Waals surface area (Å²) in [4.78, 5) is 6.41. The molecule has 0 saturated carbocycles. The van der Waals surface area contributed by atoms with Crippen molar-refractivity contribution >= 4 is 17.2 Å². The summed E-state index contributed by atoms with van der Waals surface area (Å²) < 4.78 is 5.40. The van der Waals surface area contributed by atoms with E-state index in [4.69, 9.17) is 10.5 Å². The lowest BCUT2D eigenvalue weighted by Gasteiger charge is -2.19. The Bertz CT molecular complexity index is 514. The minimum absolute atomic E-state index is 0.484. The van der Waals surface area contributed by atoms with Crippen molar-refractivity contribution in [3.05, 3.63) is 42.5 Å². The van der Waals surface area contributed by atoms with Gasteiger partial charge in [-0.3, -0.25) is 0 Å². The zero-order valence-electron chi connectivity index (χ0n) is 10.6. The van der Waals surface area contributed by atoms with Gasteiger partial charge in [-0.15, -0.1) is 0 Å². The number of aromatic nitrogens is 1. The van der Waals surface area contributed by atoms with Gasteiger partial charge in [-0.2, -0.15) is 4.98 Å². The van der Waals surface area contributed by atoms with Crippen molar-refractivity contribution in [2.75, 3.05) is 24.3 Å². The van der Waals surface area contributed by atoms with E-state index in [1.807, 2.05) is 61.3 Å². The molecule has 0 aliphatic rings. The Kier molecular flexibility index (Phi) is 3.67. The van der Waals surface area contributed by atoms with Crippen LogP contribution >= 0.6 is 0 Å². The van der Waals surface area contributed by atoms with Crippen LogP contribution in [0, 0.1) is 0 Å². The second kappa shape index (κ2) is 5.40. The molecule has 1 aromatic heterocycles. The molecular weight excluding hydrogens is 226 g/mol. The first kappa shape index (κ1) is 12.2. The number of benzene rings is 1. The zero-order chi connectivity index (χ0) is 13.0. The topological polar surface area (TPSA) is 51.4 Å². The molecule has 1 aromatic carbocycles. The highest BCUT2D eigenvalue weighted by Crippen LogP contribution is 2.26. The van der Waals surface area contributed by atoms with Crippen LogP contribution in [0.2, 0.25) is 0 Å². The highest BCUT2D eigenvalue weighted by atomic mass is 16.5. The van der Waals surface area contributed by atoms with Crippen LogP contribution in [0.3, 0.4) is 0 Å². The first-order chi connectivity index (χ1) is 8.72. The summed E-state index contributed by atoms with van der Waals surface area (Å²) in [6.07, 6.45) is 0. The molecule has 4 nitrogen and oxygen atoms in total. The first-order valence-electron chi connectivity index (χ1n) is 5.90. The molecule has 2 N–H and O–H groups in total. The molecule has 4 heteroatoms. The molecule has 0 aliphatic carbocycles. The van der Waals surface area contributed by atoms with Gasteiger partial charge < -0.3 is 15.4 Å². The van der Waals surface area contributed by atoms with Gasteiger partial charge in [-0.1, -0.05) is 18.2 Å². The maximum absolute atomic E-state index is 5.81. The number of nitrogens with two attached hydrogens (primary N) is 1. The number of para-hydroxylation sites is 1. The maximum atomic E-state index is 5.81. The van der Waals surface area contributed by atoms with Crippen LogP contribution in [0.4, 0.5) is 17.2 Å². The van der Waals surface area contributed by atoms with Gasteiger partial charge in [0.1, 0.15) is 5.82 Å². The molecule has 0 atom stereocenters. The standard InChI is InChI=1S/C14H17N3O/c1-3-18-14-12(15)9-10-13(16-14)17(2)11-7-5-4-6-8-11/h4-10H,3,15H2,1-2H3. The number of nitrogens with zero attached hydrogens (tertiary/aromatic N) is 2. The van der Waals surface area contributed by atoms with Gasteiger partial charge in [0.2, 0.25) is 5.88 Å². The molecular formula is C14H17N3O. The van der Waals surface area contributed by atoms with Crippen LogP contribution in [-0.2, 0) is 0 Å². The van der Waals surface area contributed by atoms with Crippen LogP contribution < -0.4 is 15.4 Å². The molecule has 0 spiro atoms. The monoisotopic (exact) mass is 243 g/mol. The molecule has 94 valence electrons. The summed E-state index contributed by atoms with van der Waals surface area (Å²) in [5.74, 6) is 1.29. The number of nitrogen functional groups attached to an aromatic ring is 1. The van der Waals surface area contributed by atoms with E-state index in [0.29, 0.717) is 18.2 Å². The predicted octanol–water partition coefficient (Wildman–Crippen LogP) is 2.83. The Morgan fingerprint density at radius 3 is 2.56 bits per heavy atom. The van der Waals surface area contributed by atoms with Crippen molar-refractivity contribution in [1.29, 1.82) is 0 Å². The Balaban J connectivity index is 2.31. The summed E-state index contributed by atoms with van der Waals surface area (Å²) in [5.41, 5.74) is 7.43.